The highest BCUT2D eigenvalue weighted by Gasteiger charge is 2.50. The summed E-state index contributed by atoms with van der Waals surface area (Å²) >= 11 is 0. The smallest absolute Gasteiger partial charge is 0.248 e. The number of H-pyrrole nitrogens is 1. The Morgan fingerprint density at radius 2 is 2.05 bits per heavy atom. The Morgan fingerprint density at radius 3 is 2.85 bits per heavy atom. The molecule has 3 aromatic heterocycles. The molecule has 2 atom stereocenters. The van der Waals surface area contributed by atoms with Crippen LogP contribution in [0, 0.1) is 6.92 Å². The second-order valence-corrected chi connectivity index (χ2v) is 10.9. The minimum atomic E-state index is -1.16. The first-order chi connectivity index (χ1) is 18.6. The summed E-state index contributed by atoms with van der Waals surface area (Å²) in [4.78, 5) is 35.1. The van der Waals surface area contributed by atoms with E-state index in [1.165, 1.54) is 0 Å². The lowest BCUT2D eigenvalue weighted by Gasteiger charge is -2.51. The molecule has 4 aromatic rings. The molecular weight excluding hydrogens is 502 g/mol. The van der Waals surface area contributed by atoms with Crippen molar-refractivity contribution < 1.29 is 19.4 Å². The molecule has 1 amide bonds. The molecule has 0 radical (unpaired) electrons. The Morgan fingerprint density at radius 1 is 1.26 bits per heavy atom. The SMILES string of the molecule is Cc1ccc2nc(COCC(=O)N3CCC4(CC3)C[C@H](n3cnc5c(N)nc(N)nc53)[C@@](C)(O)CO4)[nH]c2c1. The van der Waals surface area contributed by atoms with Gasteiger partial charge in [0.1, 0.15) is 30.2 Å². The van der Waals surface area contributed by atoms with Crippen LogP contribution < -0.4 is 11.5 Å². The van der Waals surface area contributed by atoms with Gasteiger partial charge in [0, 0.05) is 19.5 Å². The Labute approximate surface area is 224 Å². The third kappa shape index (κ3) is 4.77. The van der Waals surface area contributed by atoms with Crippen molar-refractivity contribution in [1.29, 1.82) is 0 Å². The Kier molecular flexibility index (Phi) is 6.16. The predicted octanol–water partition coefficient (Wildman–Crippen LogP) is 1.47. The number of benzene rings is 1. The zero-order valence-electron chi connectivity index (χ0n) is 22.1. The number of hydrogen-bond acceptors (Lipinski definition) is 10. The zero-order valence-corrected chi connectivity index (χ0v) is 22.1. The lowest BCUT2D eigenvalue weighted by atomic mass is 9.77. The van der Waals surface area contributed by atoms with E-state index in [0.717, 1.165) is 16.6 Å². The molecule has 2 aliphatic rings. The first-order valence-electron chi connectivity index (χ1n) is 13.1. The maximum Gasteiger partial charge on any atom is 0.248 e. The van der Waals surface area contributed by atoms with Crippen LogP contribution in [0.2, 0.25) is 0 Å². The second-order valence-electron chi connectivity index (χ2n) is 10.9. The fraction of sp³-hybridized carbons (Fsp3) is 0.500. The number of imidazole rings is 2. The van der Waals surface area contributed by atoms with Crippen LogP contribution in [0.1, 0.15) is 43.6 Å². The van der Waals surface area contributed by atoms with Crippen LogP contribution in [0.15, 0.2) is 24.5 Å². The summed E-state index contributed by atoms with van der Waals surface area (Å²) < 4.78 is 13.8. The maximum atomic E-state index is 12.9. The third-order valence-electron chi connectivity index (χ3n) is 7.93. The van der Waals surface area contributed by atoms with Crippen molar-refractivity contribution in [3.05, 3.63) is 35.9 Å². The van der Waals surface area contributed by atoms with Gasteiger partial charge >= 0.3 is 0 Å². The number of nitrogens with zero attached hydrogens (tertiary/aromatic N) is 6. The first-order valence-corrected chi connectivity index (χ1v) is 13.1. The van der Waals surface area contributed by atoms with Crippen LogP contribution in [0.3, 0.4) is 0 Å². The van der Waals surface area contributed by atoms with Crippen molar-refractivity contribution in [2.45, 2.75) is 57.0 Å². The van der Waals surface area contributed by atoms with E-state index < -0.39 is 11.2 Å². The number of anilines is 2. The van der Waals surface area contributed by atoms with E-state index in [9.17, 15) is 9.90 Å². The van der Waals surface area contributed by atoms with Crippen LogP contribution in [0.25, 0.3) is 22.2 Å². The van der Waals surface area contributed by atoms with Crippen molar-refractivity contribution in [2.75, 3.05) is 37.8 Å². The Bertz CT molecular complexity index is 1540. The number of likely N-dealkylation sites (tertiary alicyclic amines) is 1. The summed E-state index contributed by atoms with van der Waals surface area (Å²) in [6, 6.07) is 5.64. The molecule has 0 unspecified atom stereocenters. The molecule has 0 aliphatic carbocycles. The second kappa shape index (κ2) is 9.43. The lowest BCUT2D eigenvalue weighted by Crippen LogP contribution is -2.57. The number of nitrogens with two attached hydrogens (primary N) is 2. The minimum Gasteiger partial charge on any atom is -0.386 e. The van der Waals surface area contributed by atoms with Gasteiger partial charge in [0.05, 0.1) is 35.6 Å². The van der Waals surface area contributed by atoms with Gasteiger partial charge in [0.15, 0.2) is 11.5 Å². The van der Waals surface area contributed by atoms with E-state index in [-0.39, 0.29) is 43.5 Å². The molecule has 5 heterocycles. The first kappa shape index (κ1) is 25.5. The monoisotopic (exact) mass is 535 g/mol. The molecule has 13 heteroatoms. The maximum absolute atomic E-state index is 12.9. The summed E-state index contributed by atoms with van der Waals surface area (Å²) in [5.41, 5.74) is 14.1. The van der Waals surface area contributed by atoms with Gasteiger partial charge in [0.25, 0.3) is 0 Å². The molecule has 0 saturated carbocycles. The molecular formula is C26H33N9O4. The average molecular weight is 536 g/mol. The largest absolute Gasteiger partial charge is 0.386 e. The summed E-state index contributed by atoms with van der Waals surface area (Å²) in [5, 5.41) is 11.2. The molecule has 2 fully saturated rings. The van der Waals surface area contributed by atoms with Crippen molar-refractivity contribution >= 4 is 39.9 Å². The van der Waals surface area contributed by atoms with Crippen LogP contribution in [-0.2, 0) is 20.9 Å². The summed E-state index contributed by atoms with van der Waals surface area (Å²) in [5.74, 6) is 0.865. The molecule has 6 N–H and O–H groups in total. The summed E-state index contributed by atoms with van der Waals surface area (Å²) in [7, 11) is 0. The zero-order chi connectivity index (χ0) is 27.4. The van der Waals surface area contributed by atoms with Gasteiger partial charge in [-0.05, 0) is 44.4 Å². The molecule has 13 nitrogen and oxygen atoms in total. The fourth-order valence-electron chi connectivity index (χ4n) is 5.69. The number of nitrogen functional groups attached to an aromatic ring is 2. The molecule has 6 rings (SSSR count). The molecule has 2 aliphatic heterocycles. The number of amides is 1. The van der Waals surface area contributed by atoms with E-state index in [4.69, 9.17) is 20.9 Å². The van der Waals surface area contributed by atoms with E-state index in [2.05, 4.69) is 24.9 Å². The van der Waals surface area contributed by atoms with E-state index >= 15 is 0 Å². The van der Waals surface area contributed by atoms with E-state index in [1.807, 2.05) is 29.7 Å². The van der Waals surface area contributed by atoms with Gasteiger partial charge in [0.2, 0.25) is 11.9 Å². The molecule has 2 saturated heterocycles. The third-order valence-corrected chi connectivity index (χ3v) is 7.93. The number of fused-ring (bicyclic) bond motifs is 2. The van der Waals surface area contributed by atoms with Crippen molar-refractivity contribution in [1.82, 2.24) is 34.4 Å². The van der Waals surface area contributed by atoms with Gasteiger partial charge in [-0.25, -0.2) is 9.97 Å². The number of aromatic amines is 1. The predicted molar refractivity (Wildman–Crippen MR) is 143 cm³/mol. The number of aliphatic hydroxyl groups is 1. The molecule has 1 aromatic carbocycles. The average Bonchev–Trinajstić information content (AvgIpc) is 3.49. The highest BCUT2D eigenvalue weighted by atomic mass is 16.5. The Hall–Kier alpha value is -3.81. The van der Waals surface area contributed by atoms with Crippen LogP contribution >= 0.6 is 0 Å². The number of nitrogens with one attached hydrogen (secondary N) is 1. The fourth-order valence-corrected chi connectivity index (χ4v) is 5.69. The number of aryl methyl sites for hydroxylation is 1. The van der Waals surface area contributed by atoms with E-state index in [0.29, 0.717) is 49.3 Å². The highest BCUT2D eigenvalue weighted by Crippen LogP contribution is 2.44. The molecule has 39 heavy (non-hydrogen) atoms. The minimum absolute atomic E-state index is 0.0230. The molecule has 1 spiro atoms. The number of piperidine rings is 1. The number of ether oxygens (including phenoxy) is 2. The summed E-state index contributed by atoms with van der Waals surface area (Å²) in [6.07, 6.45) is 3.42. The van der Waals surface area contributed by atoms with Crippen LogP contribution in [0.5, 0.6) is 0 Å². The van der Waals surface area contributed by atoms with Gasteiger partial charge < -0.3 is 40.5 Å². The van der Waals surface area contributed by atoms with Crippen LogP contribution in [-0.4, -0.2) is 82.9 Å². The van der Waals surface area contributed by atoms with Gasteiger partial charge in [-0.3, -0.25) is 4.79 Å². The van der Waals surface area contributed by atoms with Crippen LogP contribution in [0.4, 0.5) is 11.8 Å². The van der Waals surface area contributed by atoms with Crippen molar-refractivity contribution in [3.8, 4) is 0 Å². The number of aromatic nitrogens is 6. The van der Waals surface area contributed by atoms with Gasteiger partial charge in [-0.1, -0.05) is 6.07 Å². The molecule has 206 valence electrons. The number of carbonyl (C=O) groups is 1. The number of rotatable bonds is 5. The quantitative estimate of drug-likeness (QED) is 0.292. The Balaban J connectivity index is 1.08. The van der Waals surface area contributed by atoms with Crippen molar-refractivity contribution in [3.63, 3.8) is 0 Å². The summed E-state index contributed by atoms with van der Waals surface area (Å²) in [6.45, 7) is 5.19. The molecule has 0 bridgehead atoms. The number of carbonyl (C=O) groups excluding carboxylic acids is 1. The van der Waals surface area contributed by atoms with Crippen molar-refractivity contribution in [2.24, 2.45) is 0 Å². The highest BCUT2D eigenvalue weighted by molar-refractivity contribution is 5.83. The topological polar surface area (TPSA) is 183 Å². The van der Waals surface area contributed by atoms with Gasteiger partial charge in [-0.15, -0.1) is 0 Å². The lowest BCUT2D eigenvalue weighted by molar-refractivity contribution is -0.201. The standard InChI is InChI=1S/C26H33N9O4/c1-15-3-4-16-17(9-15)31-19(30-16)11-38-12-20(36)34-7-5-26(6-8-34)10-18(25(2,37)13-39-26)35-14-29-21-22(27)32-24(28)33-23(21)35/h3-4,9,14,18,37H,5-8,10-13H2,1-2H3,(H,30,31)(H4,27,28,32,33)/t18-,25-/m0/s1. The number of hydrogen-bond donors (Lipinski definition) is 4. The van der Waals surface area contributed by atoms with E-state index in [1.54, 1.807) is 18.2 Å². The normalized spacial score (nSPS) is 23.2. The van der Waals surface area contributed by atoms with Gasteiger partial charge in [-0.2, -0.15) is 9.97 Å².